The molecule has 0 saturated carbocycles. The monoisotopic (exact) mass is 433 g/mol. The summed E-state index contributed by atoms with van der Waals surface area (Å²) < 4.78 is 25.7. The Morgan fingerprint density at radius 3 is 2.57 bits per heavy atom. The lowest BCUT2D eigenvalue weighted by Crippen LogP contribution is -2.07. The average Bonchev–Trinajstić information content (AvgIpc) is 3.32. The Kier molecular flexibility index (Phi) is 5.84. The van der Waals surface area contributed by atoms with Crippen LogP contribution in [0.5, 0.6) is 5.75 Å². The molecule has 0 bridgehead atoms. The lowest BCUT2D eigenvalue weighted by molar-refractivity contribution is 0.278. The molecule has 0 spiro atoms. The number of rotatable bonds is 7. The molecule has 0 amide bonds. The zero-order valence-electron chi connectivity index (χ0n) is 14.3. The van der Waals surface area contributed by atoms with Crippen LogP contribution >= 0.6 is 34.9 Å². The van der Waals surface area contributed by atoms with Gasteiger partial charge < -0.3 is 4.74 Å². The Labute approximate surface area is 173 Å². The molecule has 6 nitrogen and oxygen atoms in total. The molecule has 28 heavy (non-hydrogen) atoms. The molecule has 0 unspecified atom stereocenters. The van der Waals surface area contributed by atoms with Crippen LogP contribution in [-0.2, 0) is 12.4 Å². The molecule has 142 valence electrons. The summed E-state index contributed by atoms with van der Waals surface area (Å²) in [5.41, 5.74) is 1.58. The van der Waals surface area contributed by atoms with Gasteiger partial charge in [0.05, 0.1) is 0 Å². The summed E-state index contributed by atoms with van der Waals surface area (Å²) in [5.74, 6) is 0.807. The van der Waals surface area contributed by atoms with Gasteiger partial charge in [0.15, 0.2) is 22.5 Å². The molecule has 2 aromatic carbocycles. The van der Waals surface area contributed by atoms with Gasteiger partial charge in [0, 0.05) is 23.0 Å². The maximum atomic E-state index is 13.8. The van der Waals surface area contributed by atoms with E-state index in [4.69, 9.17) is 16.3 Å². The molecule has 0 radical (unpaired) electrons. The van der Waals surface area contributed by atoms with Crippen molar-refractivity contribution >= 4 is 34.9 Å². The van der Waals surface area contributed by atoms with Gasteiger partial charge in [0.2, 0.25) is 0 Å². The van der Waals surface area contributed by atoms with E-state index >= 15 is 0 Å². The predicted octanol–water partition coefficient (Wildman–Crippen LogP) is 4.78. The van der Waals surface area contributed by atoms with Crippen molar-refractivity contribution in [2.75, 3.05) is 0 Å². The van der Waals surface area contributed by atoms with Crippen molar-refractivity contribution in [3.05, 3.63) is 76.3 Å². The first kappa shape index (κ1) is 18.9. The van der Waals surface area contributed by atoms with Crippen molar-refractivity contribution in [3.8, 4) is 11.4 Å². The zero-order valence-corrected chi connectivity index (χ0v) is 16.7. The van der Waals surface area contributed by atoms with Crippen LogP contribution in [-0.4, -0.2) is 24.4 Å². The van der Waals surface area contributed by atoms with Crippen molar-refractivity contribution in [2.24, 2.45) is 0 Å². The van der Waals surface area contributed by atoms with Crippen LogP contribution in [0.1, 0.15) is 11.5 Å². The molecule has 4 rings (SSSR count). The molecule has 0 saturated heterocycles. The van der Waals surface area contributed by atoms with Crippen LogP contribution in [0.25, 0.3) is 5.69 Å². The van der Waals surface area contributed by atoms with Gasteiger partial charge in [-0.05, 0) is 24.3 Å². The summed E-state index contributed by atoms with van der Waals surface area (Å²) in [5, 5.41) is 13.2. The fourth-order valence-corrected chi connectivity index (χ4v) is 4.15. The van der Waals surface area contributed by atoms with E-state index in [1.807, 2.05) is 34.9 Å². The van der Waals surface area contributed by atoms with Crippen LogP contribution in [0.2, 0.25) is 4.34 Å². The third kappa shape index (κ3) is 4.16. The maximum absolute atomic E-state index is 13.8. The van der Waals surface area contributed by atoms with E-state index in [2.05, 4.69) is 19.8 Å². The smallest absolute Gasteiger partial charge is 0.196 e. The van der Waals surface area contributed by atoms with E-state index < -0.39 is 5.82 Å². The highest BCUT2D eigenvalue weighted by Crippen LogP contribution is 2.29. The molecule has 0 aliphatic rings. The zero-order chi connectivity index (χ0) is 19.3. The van der Waals surface area contributed by atoms with Crippen LogP contribution in [0, 0.1) is 5.82 Å². The van der Waals surface area contributed by atoms with Gasteiger partial charge >= 0.3 is 0 Å². The normalized spacial score (nSPS) is 10.9. The van der Waals surface area contributed by atoms with E-state index in [9.17, 15) is 4.39 Å². The van der Waals surface area contributed by atoms with Gasteiger partial charge in [-0.2, -0.15) is 0 Å². The predicted molar refractivity (Wildman–Crippen MR) is 107 cm³/mol. The Bertz CT molecular complexity index is 1070. The minimum absolute atomic E-state index is 0.0718. The van der Waals surface area contributed by atoms with E-state index in [0.29, 0.717) is 26.8 Å². The third-order valence-corrected chi connectivity index (χ3v) is 5.68. The third-order valence-electron chi connectivity index (χ3n) is 3.76. The number of nitrogens with zero attached hydrogens (tertiary/aromatic N) is 5. The maximum Gasteiger partial charge on any atom is 0.196 e. The van der Waals surface area contributed by atoms with Crippen LogP contribution < -0.4 is 4.74 Å². The van der Waals surface area contributed by atoms with Gasteiger partial charge in [-0.3, -0.25) is 4.57 Å². The van der Waals surface area contributed by atoms with Gasteiger partial charge in [-0.15, -0.1) is 15.3 Å². The van der Waals surface area contributed by atoms with Crippen molar-refractivity contribution < 1.29 is 9.13 Å². The highest BCUT2D eigenvalue weighted by Gasteiger charge is 2.17. The van der Waals surface area contributed by atoms with E-state index in [1.165, 1.54) is 17.8 Å². The summed E-state index contributed by atoms with van der Waals surface area (Å²) in [4.78, 5) is 0. The minimum Gasteiger partial charge on any atom is -0.483 e. The summed E-state index contributed by atoms with van der Waals surface area (Å²) in [7, 11) is 0. The second-order valence-electron chi connectivity index (χ2n) is 5.57. The summed E-state index contributed by atoms with van der Waals surface area (Å²) in [6.45, 7) is 0.0718. The molecule has 0 aliphatic heterocycles. The Morgan fingerprint density at radius 2 is 1.82 bits per heavy atom. The molecule has 2 aromatic heterocycles. The van der Waals surface area contributed by atoms with Gasteiger partial charge in [-0.1, -0.05) is 58.2 Å². The first-order valence-corrected chi connectivity index (χ1v) is 10.3. The minimum atomic E-state index is -0.423. The number of hydrogen-bond acceptors (Lipinski definition) is 7. The van der Waals surface area contributed by atoms with Crippen molar-refractivity contribution in [3.63, 3.8) is 0 Å². The number of halogens is 2. The SMILES string of the molecule is Fc1ccccc1OCc1nnc(SCc2nnsc2Cl)n1-c1ccccc1. The fourth-order valence-electron chi connectivity index (χ4n) is 2.44. The lowest BCUT2D eigenvalue weighted by Gasteiger charge is -2.11. The summed E-state index contributed by atoms with van der Waals surface area (Å²) >= 11 is 8.67. The second-order valence-corrected chi connectivity index (χ2v) is 7.87. The molecule has 4 aromatic rings. The quantitative estimate of drug-likeness (QED) is 0.391. The Balaban J connectivity index is 1.60. The number of aromatic nitrogens is 5. The molecular formula is C18H13ClFN5OS2. The average molecular weight is 434 g/mol. The molecular weight excluding hydrogens is 421 g/mol. The molecule has 0 aliphatic carbocycles. The standard InChI is InChI=1S/C18H13ClFN5OS2/c19-17-14(21-24-28-17)11-27-18-23-22-16(25(18)12-6-2-1-3-7-12)10-26-15-9-5-4-8-13(15)20/h1-9H,10-11H2. The van der Waals surface area contributed by atoms with Crippen LogP contribution in [0.4, 0.5) is 4.39 Å². The number of thioether (sulfide) groups is 1. The largest absolute Gasteiger partial charge is 0.483 e. The number of ether oxygens (including phenoxy) is 1. The molecule has 0 N–H and O–H groups in total. The Morgan fingerprint density at radius 1 is 1.04 bits per heavy atom. The van der Waals surface area contributed by atoms with E-state index in [-0.39, 0.29) is 12.4 Å². The lowest BCUT2D eigenvalue weighted by atomic mass is 10.3. The first-order valence-electron chi connectivity index (χ1n) is 8.19. The Hall–Kier alpha value is -2.49. The van der Waals surface area contributed by atoms with E-state index in [0.717, 1.165) is 17.2 Å². The molecule has 10 heteroatoms. The molecule has 0 atom stereocenters. The van der Waals surface area contributed by atoms with Crippen molar-refractivity contribution in [1.29, 1.82) is 0 Å². The van der Waals surface area contributed by atoms with Crippen LogP contribution in [0.15, 0.2) is 59.8 Å². The second kappa shape index (κ2) is 8.68. The molecule has 0 fully saturated rings. The highest BCUT2D eigenvalue weighted by atomic mass is 35.5. The topological polar surface area (TPSA) is 65.7 Å². The van der Waals surface area contributed by atoms with Crippen molar-refractivity contribution in [2.45, 2.75) is 17.5 Å². The number of para-hydroxylation sites is 2. The first-order chi connectivity index (χ1) is 13.7. The van der Waals surface area contributed by atoms with Crippen LogP contribution in [0.3, 0.4) is 0 Å². The fraction of sp³-hybridized carbons (Fsp3) is 0.111. The van der Waals surface area contributed by atoms with E-state index in [1.54, 1.807) is 18.2 Å². The van der Waals surface area contributed by atoms with Crippen molar-refractivity contribution in [1.82, 2.24) is 24.4 Å². The van der Waals surface area contributed by atoms with Gasteiger partial charge in [-0.25, -0.2) is 4.39 Å². The summed E-state index contributed by atoms with van der Waals surface area (Å²) in [6, 6.07) is 15.9. The highest BCUT2D eigenvalue weighted by molar-refractivity contribution is 7.98. The number of hydrogen-bond donors (Lipinski definition) is 0. The van der Waals surface area contributed by atoms with Gasteiger partial charge in [0.25, 0.3) is 0 Å². The molecule has 2 heterocycles. The summed E-state index contributed by atoms with van der Waals surface area (Å²) in [6.07, 6.45) is 0. The number of benzene rings is 2. The van der Waals surface area contributed by atoms with Gasteiger partial charge in [0.1, 0.15) is 16.6 Å².